The number of halogens is 1. The van der Waals surface area contributed by atoms with Gasteiger partial charge in [0.25, 0.3) is 0 Å². The highest BCUT2D eigenvalue weighted by Gasteiger charge is 2.24. The molecule has 0 amide bonds. The second kappa shape index (κ2) is 9.28. The van der Waals surface area contributed by atoms with Crippen LogP contribution >= 0.6 is 11.6 Å². The van der Waals surface area contributed by atoms with Crippen LogP contribution in [-0.4, -0.2) is 10.1 Å². The van der Waals surface area contributed by atoms with Crippen molar-refractivity contribution in [2.75, 3.05) is 0 Å². The molecular weight excluding hydrogens is 414 g/mol. The number of hydrogen-bond donors (Lipinski definition) is 1. The lowest BCUT2D eigenvalue weighted by molar-refractivity contribution is 0.0773. The Hall–Kier alpha value is -2.94. The molecule has 0 saturated heterocycles. The van der Waals surface area contributed by atoms with Crippen molar-refractivity contribution in [3.63, 3.8) is 0 Å². The van der Waals surface area contributed by atoms with Gasteiger partial charge in [0.2, 0.25) is 0 Å². The van der Waals surface area contributed by atoms with Gasteiger partial charge in [-0.25, -0.2) is 4.98 Å². The Morgan fingerprint density at radius 3 is 2.50 bits per heavy atom. The van der Waals surface area contributed by atoms with Gasteiger partial charge >= 0.3 is 0 Å². The molecule has 0 aliphatic carbocycles. The van der Waals surface area contributed by atoms with E-state index in [1.54, 1.807) is 0 Å². The van der Waals surface area contributed by atoms with Crippen LogP contribution in [0.3, 0.4) is 0 Å². The molecule has 4 rings (SSSR count). The van der Waals surface area contributed by atoms with Crippen LogP contribution in [0.1, 0.15) is 61.1 Å². The predicted molar refractivity (Wildman–Crippen MR) is 136 cm³/mol. The summed E-state index contributed by atoms with van der Waals surface area (Å²) in [6.45, 7) is 5.89. The van der Waals surface area contributed by atoms with E-state index in [9.17, 15) is 5.11 Å². The first-order valence-electron chi connectivity index (χ1n) is 11.0. The number of pyridine rings is 1. The maximum Gasteiger partial charge on any atom is 0.0843 e. The highest BCUT2D eigenvalue weighted by molar-refractivity contribution is 6.31. The molecular formula is C29H28ClNO. The molecule has 0 unspecified atom stereocenters. The fraction of sp³-hybridized carbons (Fsp3) is 0.207. The summed E-state index contributed by atoms with van der Waals surface area (Å²) in [6, 6.07) is 26.6. The van der Waals surface area contributed by atoms with Crippen molar-refractivity contribution in [1.82, 2.24) is 4.98 Å². The summed E-state index contributed by atoms with van der Waals surface area (Å²) in [7, 11) is 0. The number of hydrogen-bond acceptors (Lipinski definition) is 2. The minimum atomic E-state index is -0.883. The molecule has 3 aromatic carbocycles. The maximum atomic E-state index is 10.7. The van der Waals surface area contributed by atoms with Gasteiger partial charge < -0.3 is 5.11 Å². The van der Waals surface area contributed by atoms with Crippen LogP contribution in [0.4, 0.5) is 0 Å². The fourth-order valence-corrected chi connectivity index (χ4v) is 4.42. The van der Waals surface area contributed by atoms with E-state index in [1.165, 1.54) is 11.1 Å². The van der Waals surface area contributed by atoms with Crippen LogP contribution in [0.15, 0.2) is 78.9 Å². The van der Waals surface area contributed by atoms with E-state index >= 15 is 0 Å². The second-order valence-electron chi connectivity index (χ2n) is 8.68. The van der Waals surface area contributed by atoms with Crippen molar-refractivity contribution in [3.8, 4) is 0 Å². The molecule has 0 saturated carbocycles. The summed E-state index contributed by atoms with van der Waals surface area (Å²) in [5.41, 5.74) is 5.42. The van der Waals surface area contributed by atoms with Crippen LogP contribution < -0.4 is 0 Å². The molecule has 1 atom stereocenters. The van der Waals surface area contributed by atoms with Gasteiger partial charge in [-0.3, -0.25) is 0 Å². The molecule has 1 aromatic heterocycles. The fourth-order valence-electron chi connectivity index (χ4n) is 4.25. The molecule has 0 radical (unpaired) electrons. The summed E-state index contributed by atoms with van der Waals surface area (Å²) < 4.78 is 0. The van der Waals surface area contributed by atoms with Crippen LogP contribution in [0.2, 0.25) is 5.02 Å². The minimum absolute atomic E-state index is 0.215. The molecule has 1 N–H and O–H groups in total. The first-order chi connectivity index (χ1) is 15.3. The molecule has 2 nitrogen and oxygen atoms in total. The van der Waals surface area contributed by atoms with Crippen molar-refractivity contribution in [2.24, 2.45) is 0 Å². The zero-order valence-corrected chi connectivity index (χ0v) is 19.5. The maximum absolute atomic E-state index is 10.7. The van der Waals surface area contributed by atoms with E-state index in [-0.39, 0.29) is 5.92 Å². The summed E-state index contributed by atoms with van der Waals surface area (Å²) in [5.74, 6) is 0.215. The van der Waals surface area contributed by atoms with Crippen molar-refractivity contribution < 1.29 is 5.11 Å². The van der Waals surface area contributed by atoms with E-state index in [0.717, 1.165) is 34.1 Å². The highest BCUT2D eigenvalue weighted by Crippen LogP contribution is 2.35. The Balaban J connectivity index is 1.65. The summed E-state index contributed by atoms with van der Waals surface area (Å²) in [4.78, 5) is 4.71. The molecule has 0 aliphatic rings. The lowest BCUT2D eigenvalue weighted by atomic mass is 9.81. The molecule has 0 bridgehead atoms. The predicted octanol–water partition coefficient (Wildman–Crippen LogP) is 7.83. The Labute approximate surface area is 195 Å². The van der Waals surface area contributed by atoms with Crippen molar-refractivity contribution in [2.45, 2.75) is 38.7 Å². The normalized spacial score (nSPS) is 13.0. The second-order valence-corrected chi connectivity index (χ2v) is 9.12. The summed E-state index contributed by atoms with van der Waals surface area (Å²) in [6.07, 6.45) is 5.08. The number of benzene rings is 3. The highest BCUT2D eigenvalue weighted by atomic mass is 35.5. The lowest BCUT2D eigenvalue weighted by Crippen LogP contribution is -2.19. The first kappa shape index (κ1) is 22.3. The monoisotopic (exact) mass is 441 g/mol. The SMILES string of the molecule is CC[C@H](c1cccc(/C=C/c2ccc3ccc(Cl)cc3n2)c1)c1ccccc1C(C)(C)O. The van der Waals surface area contributed by atoms with Gasteiger partial charge in [0.05, 0.1) is 16.8 Å². The van der Waals surface area contributed by atoms with E-state index < -0.39 is 5.60 Å². The Bertz CT molecular complexity index is 1270. The number of nitrogens with zero attached hydrogens (tertiary/aromatic N) is 1. The van der Waals surface area contributed by atoms with Crippen LogP contribution in [0.5, 0.6) is 0 Å². The van der Waals surface area contributed by atoms with E-state index in [2.05, 4.69) is 55.5 Å². The van der Waals surface area contributed by atoms with Crippen LogP contribution in [0.25, 0.3) is 23.1 Å². The zero-order valence-electron chi connectivity index (χ0n) is 18.7. The van der Waals surface area contributed by atoms with Gasteiger partial charge in [-0.15, -0.1) is 0 Å². The van der Waals surface area contributed by atoms with Crippen molar-refractivity contribution in [3.05, 3.63) is 112 Å². The molecule has 0 aliphatic heterocycles. The van der Waals surface area contributed by atoms with Crippen LogP contribution in [-0.2, 0) is 5.60 Å². The van der Waals surface area contributed by atoms with E-state index in [0.29, 0.717) is 5.02 Å². The third-order valence-electron chi connectivity index (χ3n) is 5.84. The Morgan fingerprint density at radius 1 is 0.938 bits per heavy atom. The number of fused-ring (bicyclic) bond motifs is 1. The van der Waals surface area contributed by atoms with Crippen molar-refractivity contribution >= 4 is 34.7 Å². The summed E-state index contributed by atoms with van der Waals surface area (Å²) >= 11 is 6.12. The standard InChI is InChI=1S/C29H28ClNO/c1-4-25(26-10-5-6-11-27(26)29(2,3)32)22-9-7-8-20(18-22)12-16-24-17-14-21-13-15-23(30)19-28(21)31-24/h5-19,25,32H,4H2,1-3H3/b16-12+/t25-/m1/s1. The average molecular weight is 442 g/mol. The van der Waals surface area contributed by atoms with E-state index in [1.807, 2.05) is 56.3 Å². The van der Waals surface area contributed by atoms with Gasteiger partial charge in [0, 0.05) is 16.3 Å². The molecule has 4 aromatic rings. The largest absolute Gasteiger partial charge is 0.386 e. The molecule has 162 valence electrons. The first-order valence-corrected chi connectivity index (χ1v) is 11.4. The molecule has 32 heavy (non-hydrogen) atoms. The molecule has 3 heteroatoms. The third kappa shape index (κ3) is 4.93. The average Bonchev–Trinajstić information content (AvgIpc) is 2.78. The Kier molecular flexibility index (Phi) is 6.45. The minimum Gasteiger partial charge on any atom is -0.386 e. The van der Waals surface area contributed by atoms with Gasteiger partial charge in [0.15, 0.2) is 0 Å². The zero-order chi connectivity index (χ0) is 22.7. The smallest absolute Gasteiger partial charge is 0.0843 e. The number of rotatable bonds is 6. The third-order valence-corrected chi connectivity index (χ3v) is 6.07. The topological polar surface area (TPSA) is 33.1 Å². The van der Waals surface area contributed by atoms with Gasteiger partial charge in [-0.2, -0.15) is 0 Å². The molecule has 0 spiro atoms. The number of aromatic nitrogens is 1. The Morgan fingerprint density at radius 2 is 1.72 bits per heavy atom. The molecule has 0 fully saturated rings. The van der Waals surface area contributed by atoms with Gasteiger partial charge in [-0.05, 0) is 66.8 Å². The van der Waals surface area contributed by atoms with Crippen molar-refractivity contribution in [1.29, 1.82) is 0 Å². The summed E-state index contributed by atoms with van der Waals surface area (Å²) in [5, 5.41) is 12.5. The lowest BCUT2D eigenvalue weighted by Gasteiger charge is -2.26. The number of aliphatic hydroxyl groups is 1. The van der Waals surface area contributed by atoms with E-state index in [4.69, 9.17) is 16.6 Å². The van der Waals surface area contributed by atoms with Gasteiger partial charge in [-0.1, -0.05) is 85.3 Å². The molecule has 1 heterocycles. The van der Waals surface area contributed by atoms with Crippen LogP contribution in [0, 0.1) is 0 Å². The van der Waals surface area contributed by atoms with Gasteiger partial charge in [0.1, 0.15) is 0 Å². The quantitative estimate of drug-likeness (QED) is 0.330.